The van der Waals surface area contributed by atoms with Gasteiger partial charge in [-0.1, -0.05) is 48.5 Å². The lowest BCUT2D eigenvalue weighted by Gasteiger charge is -2.29. The molecular formula is C25H21N3O2S. The highest BCUT2D eigenvalue weighted by Crippen LogP contribution is 2.20. The molecule has 0 atom stereocenters. The Morgan fingerprint density at radius 1 is 0.935 bits per heavy atom. The van der Waals surface area contributed by atoms with Crippen LogP contribution in [0.2, 0.25) is 0 Å². The summed E-state index contributed by atoms with van der Waals surface area (Å²) in [4.78, 5) is 30.8. The molecule has 5 nitrogen and oxygen atoms in total. The van der Waals surface area contributed by atoms with Crippen LogP contribution >= 0.6 is 12.2 Å². The van der Waals surface area contributed by atoms with Gasteiger partial charge in [0.2, 0.25) is 5.91 Å². The van der Waals surface area contributed by atoms with E-state index in [-0.39, 0.29) is 11.5 Å². The predicted octanol–water partition coefficient (Wildman–Crippen LogP) is 4.18. The molecule has 1 aliphatic heterocycles. The first-order chi connectivity index (χ1) is 15.1. The number of hydrogen-bond acceptors (Lipinski definition) is 3. The second kappa shape index (κ2) is 7.96. The van der Waals surface area contributed by atoms with Crippen LogP contribution in [0.3, 0.4) is 0 Å². The van der Waals surface area contributed by atoms with Gasteiger partial charge in [0.1, 0.15) is 0 Å². The molecule has 5 rings (SSSR count). The van der Waals surface area contributed by atoms with E-state index < -0.39 is 0 Å². The predicted molar refractivity (Wildman–Crippen MR) is 124 cm³/mol. The minimum atomic E-state index is -0.157. The fourth-order valence-corrected chi connectivity index (χ4v) is 4.45. The van der Waals surface area contributed by atoms with Crippen molar-refractivity contribution < 1.29 is 4.79 Å². The van der Waals surface area contributed by atoms with Gasteiger partial charge < -0.3 is 9.88 Å². The monoisotopic (exact) mass is 427 g/mol. The zero-order valence-corrected chi connectivity index (χ0v) is 17.7. The number of H-pyrrole nitrogens is 1. The molecule has 31 heavy (non-hydrogen) atoms. The third-order valence-electron chi connectivity index (χ3n) is 5.84. The molecule has 0 unspecified atom stereocenters. The Kier molecular flexibility index (Phi) is 5.00. The zero-order chi connectivity index (χ0) is 21.4. The van der Waals surface area contributed by atoms with Crippen molar-refractivity contribution in [1.82, 2.24) is 14.5 Å². The molecule has 1 amide bonds. The largest absolute Gasteiger partial charge is 0.338 e. The molecule has 0 spiro atoms. The summed E-state index contributed by atoms with van der Waals surface area (Å²) in [6.07, 6.45) is 1.23. The van der Waals surface area contributed by atoms with E-state index in [2.05, 4.69) is 17.1 Å². The molecule has 3 aromatic carbocycles. The van der Waals surface area contributed by atoms with E-state index >= 15 is 0 Å². The van der Waals surface area contributed by atoms with Crippen LogP contribution in [-0.4, -0.2) is 26.9 Å². The minimum absolute atomic E-state index is 0.113. The summed E-state index contributed by atoms with van der Waals surface area (Å²) >= 11 is 5.42. The first-order valence-electron chi connectivity index (χ1n) is 10.3. The van der Waals surface area contributed by atoms with Crippen LogP contribution in [-0.2, 0) is 24.2 Å². The van der Waals surface area contributed by atoms with Crippen molar-refractivity contribution in [2.45, 2.75) is 19.4 Å². The molecule has 0 radical (unpaired) electrons. The van der Waals surface area contributed by atoms with Gasteiger partial charge in [-0.3, -0.25) is 14.2 Å². The second-order valence-electron chi connectivity index (χ2n) is 7.79. The molecule has 0 aliphatic carbocycles. The maximum absolute atomic E-state index is 12.9. The highest BCUT2D eigenvalue weighted by molar-refractivity contribution is 7.71. The van der Waals surface area contributed by atoms with Gasteiger partial charge in [-0.05, 0) is 59.6 Å². The van der Waals surface area contributed by atoms with Gasteiger partial charge in [-0.15, -0.1) is 0 Å². The molecular weight excluding hydrogens is 406 g/mol. The Bertz CT molecular complexity index is 1400. The van der Waals surface area contributed by atoms with Crippen LogP contribution in [0.4, 0.5) is 0 Å². The summed E-state index contributed by atoms with van der Waals surface area (Å²) in [5.74, 6) is 0.113. The highest BCUT2D eigenvalue weighted by Gasteiger charge is 2.20. The van der Waals surface area contributed by atoms with Crippen molar-refractivity contribution in [3.63, 3.8) is 0 Å². The minimum Gasteiger partial charge on any atom is -0.338 e. The molecule has 0 fully saturated rings. The SMILES string of the molecule is O=C(Cc1ccc(-n2c(=S)[nH]c3ccccc3c2=O)cc1)N1CCc2ccccc2C1. The number of benzene rings is 3. The molecule has 0 saturated heterocycles. The van der Waals surface area contributed by atoms with Gasteiger partial charge in [-0.2, -0.15) is 0 Å². The number of rotatable bonds is 3. The van der Waals surface area contributed by atoms with E-state index in [1.807, 2.05) is 59.5 Å². The maximum Gasteiger partial charge on any atom is 0.266 e. The van der Waals surface area contributed by atoms with Gasteiger partial charge in [0.05, 0.1) is 23.0 Å². The number of hydrogen-bond donors (Lipinski definition) is 1. The van der Waals surface area contributed by atoms with Crippen molar-refractivity contribution in [2.75, 3.05) is 6.54 Å². The number of amides is 1. The number of carbonyl (C=O) groups is 1. The molecule has 1 aliphatic rings. The Labute approximate surface area is 184 Å². The van der Waals surface area contributed by atoms with Crippen molar-refractivity contribution in [1.29, 1.82) is 0 Å². The van der Waals surface area contributed by atoms with Crippen LogP contribution in [0.15, 0.2) is 77.6 Å². The van der Waals surface area contributed by atoms with Gasteiger partial charge in [0.25, 0.3) is 5.56 Å². The fraction of sp³-hybridized carbons (Fsp3) is 0.160. The van der Waals surface area contributed by atoms with Crippen LogP contribution in [0.5, 0.6) is 0 Å². The van der Waals surface area contributed by atoms with Gasteiger partial charge in [0, 0.05) is 13.1 Å². The topological polar surface area (TPSA) is 58.1 Å². The molecule has 0 bridgehead atoms. The van der Waals surface area contributed by atoms with Crippen LogP contribution in [0.25, 0.3) is 16.6 Å². The number of aromatic nitrogens is 2. The lowest BCUT2D eigenvalue weighted by Crippen LogP contribution is -2.36. The van der Waals surface area contributed by atoms with Crippen molar-refractivity contribution >= 4 is 29.0 Å². The fourth-order valence-electron chi connectivity index (χ4n) is 4.15. The number of carbonyl (C=O) groups excluding carboxylic acids is 1. The quantitative estimate of drug-likeness (QED) is 0.499. The average molecular weight is 428 g/mol. The first kappa shape index (κ1) is 19.5. The number of para-hydroxylation sites is 1. The average Bonchev–Trinajstić information content (AvgIpc) is 2.80. The summed E-state index contributed by atoms with van der Waals surface area (Å²) < 4.78 is 1.84. The first-order valence-corrected chi connectivity index (χ1v) is 10.7. The molecule has 2 heterocycles. The van der Waals surface area contributed by atoms with Crippen molar-refractivity contribution in [2.24, 2.45) is 0 Å². The molecule has 154 valence electrons. The van der Waals surface area contributed by atoms with Crippen molar-refractivity contribution in [3.8, 4) is 5.69 Å². The van der Waals surface area contributed by atoms with E-state index in [0.29, 0.717) is 28.8 Å². The number of fused-ring (bicyclic) bond motifs is 2. The Morgan fingerprint density at radius 2 is 1.65 bits per heavy atom. The van der Waals surface area contributed by atoms with E-state index in [1.165, 1.54) is 15.7 Å². The zero-order valence-electron chi connectivity index (χ0n) is 16.9. The van der Waals surface area contributed by atoms with Crippen molar-refractivity contribution in [3.05, 3.63) is 105 Å². The third kappa shape index (κ3) is 3.70. The molecule has 0 saturated carbocycles. The standard InChI is InChI=1S/C25H21N3O2S/c29-23(27-14-13-18-5-1-2-6-19(18)16-27)15-17-9-11-20(12-10-17)28-24(30)21-7-3-4-8-22(21)26-25(28)31/h1-12H,13-16H2,(H,26,31). The number of nitrogens with zero attached hydrogens (tertiary/aromatic N) is 2. The summed E-state index contributed by atoms with van der Waals surface area (Å²) in [7, 11) is 0. The second-order valence-corrected chi connectivity index (χ2v) is 8.18. The van der Waals surface area contributed by atoms with E-state index in [0.717, 1.165) is 24.0 Å². The van der Waals surface area contributed by atoms with Gasteiger partial charge in [-0.25, -0.2) is 0 Å². The summed E-state index contributed by atoms with van der Waals surface area (Å²) in [5.41, 5.74) is 4.71. The van der Waals surface area contributed by atoms with Crippen LogP contribution < -0.4 is 5.56 Å². The maximum atomic E-state index is 12.9. The summed E-state index contributed by atoms with van der Waals surface area (Å²) in [6.45, 7) is 1.41. The third-order valence-corrected chi connectivity index (χ3v) is 6.12. The van der Waals surface area contributed by atoms with E-state index in [1.54, 1.807) is 6.07 Å². The molecule has 6 heteroatoms. The van der Waals surface area contributed by atoms with Gasteiger partial charge >= 0.3 is 0 Å². The lowest BCUT2D eigenvalue weighted by atomic mass is 9.99. The number of aromatic amines is 1. The highest BCUT2D eigenvalue weighted by atomic mass is 32.1. The Hall–Kier alpha value is -3.51. The smallest absolute Gasteiger partial charge is 0.266 e. The van der Waals surface area contributed by atoms with Crippen LogP contribution in [0.1, 0.15) is 16.7 Å². The number of nitrogens with one attached hydrogen (secondary N) is 1. The Balaban J connectivity index is 1.37. The van der Waals surface area contributed by atoms with Gasteiger partial charge in [0.15, 0.2) is 4.77 Å². The molecule has 1 aromatic heterocycles. The normalized spacial score (nSPS) is 13.2. The molecule has 4 aromatic rings. The van der Waals surface area contributed by atoms with E-state index in [9.17, 15) is 9.59 Å². The Morgan fingerprint density at radius 3 is 2.45 bits per heavy atom. The van der Waals surface area contributed by atoms with Crippen LogP contribution in [0, 0.1) is 4.77 Å². The van der Waals surface area contributed by atoms with E-state index in [4.69, 9.17) is 12.2 Å². The summed E-state index contributed by atoms with van der Waals surface area (Å²) in [6, 6.07) is 23.1. The summed E-state index contributed by atoms with van der Waals surface area (Å²) in [5, 5.41) is 0.584. The molecule has 1 N–H and O–H groups in total. The lowest BCUT2D eigenvalue weighted by molar-refractivity contribution is -0.131.